The Morgan fingerprint density at radius 2 is 1.05 bits per heavy atom. The number of nitrogens with two attached hydrogens (primary N) is 2. The largest absolute Gasteiger partial charge is 0.481 e. The van der Waals surface area contributed by atoms with E-state index in [-0.39, 0.29) is 121 Å². The highest BCUT2D eigenvalue weighted by atomic mass is 32.2. The summed E-state index contributed by atoms with van der Waals surface area (Å²) < 4.78 is 3.39. The molecule has 13 atom stereocenters. The van der Waals surface area contributed by atoms with Crippen LogP contribution >= 0.6 is 35.3 Å². The SMILES string of the molecule is CC[C@@H]1CC(=O)[C@H]([C@@H](C)O)NC(=O)[C@@H](CC(=O)[C@H](C)NC(=O)CN(C)C(=O)CCN)CSCc2nnn(C)c2C(=O)N2CN3CN(C2)C(=O)c2c(nnn2C)CSC[C@H](NC1=O)C(=O)N[C@@H](Cc1c[nH]c2ccccc12)C(=O)N[C@@H](C(C)C)C(=O)N[C@@H](CC(=O)O)C(=O)NCC(=O)N[C@@H](Cc1c[nH]c2ccccc12)C(=O)N[C@@H](C(C)C)C(=O)N1CCC[C@H]1C(=O)NC(C(N)=O)CSCc1nnn(C)c1C3=O.O=C=O. The second kappa shape index (κ2) is 51.5. The number of aryl methyl sites for hydroxylation is 3. The van der Waals surface area contributed by atoms with Crippen molar-refractivity contribution in [2.24, 2.45) is 56.3 Å². The Bertz CT molecular complexity index is 5990. The first-order chi connectivity index (χ1) is 68.4. The minimum Gasteiger partial charge on any atom is -0.481 e. The van der Waals surface area contributed by atoms with Crippen LogP contribution in [0.3, 0.4) is 0 Å². The van der Waals surface area contributed by atoms with Gasteiger partial charge < -0.3 is 109 Å². The van der Waals surface area contributed by atoms with Crippen LogP contribution in [0, 0.1) is 23.7 Å². The molecule has 0 spiro atoms. The van der Waals surface area contributed by atoms with Gasteiger partial charge in [-0.2, -0.15) is 44.9 Å². The molecule has 0 aliphatic carbocycles. The Hall–Kier alpha value is -14.4. The van der Waals surface area contributed by atoms with Gasteiger partial charge in [-0.25, -0.2) is 14.0 Å². The third-order valence-electron chi connectivity index (χ3n) is 24.6. The van der Waals surface area contributed by atoms with E-state index >= 15 is 38.4 Å². The molecule has 4 bridgehead atoms. The summed E-state index contributed by atoms with van der Waals surface area (Å²) in [6.07, 6.45) is -1.18. The lowest BCUT2D eigenvalue weighted by atomic mass is 9.92. The highest BCUT2D eigenvalue weighted by Gasteiger charge is 2.45. The lowest BCUT2D eigenvalue weighted by molar-refractivity contribution is -0.192. The van der Waals surface area contributed by atoms with E-state index < -0.39 is 260 Å². The predicted molar refractivity (Wildman–Crippen MR) is 515 cm³/mol. The number of benzene rings is 2. The van der Waals surface area contributed by atoms with Crippen LogP contribution < -0.4 is 64.6 Å². The highest BCUT2D eigenvalue weighted by molar-refractivity contribution is 7.99. The van der Waals surface area contributed by atoms with Gasteiger partial charge in [0.15, 0.2) is 11.6 Å². The smallest absolute Gasteiger partial charge is 0.373 e. The molecular formula is C90H120N28O23S3. The lowest BCUT2D eigenvalue weighted by Gasteiger charge is -2.42. The first-order valence-electron chi connectivity index (χ1n) is 46.3. The van der Waals surface area contributed by atoms with E-state index in [1.54, 1.807) is 74.8 Å². The molecule has 7 aromatic rings. The zero-order chi connectivity index (χ0) is 105. The van der Waals surface area contributed by atoms with Gasteiger partial charge in [0.05, 0.1) is 57.6 Å². The topological polar surface area (TPSA) is 711 Å². The van der Waals surface area contributed by atoms with Crippen LogP contribution in [0.2, 0.25) is 0 Å². The number of rotatable bonds is 19. The van der Waals surface area contributed by atoms with E-state index in [4.69, 9.17) is 21.1 Å². The van der Waals surface area contributed by atoms with Gasteiger partial charge in [0.2, 0.25) is 76.8 Å². The van der Waals surface area contributed by atoms with Gasteiger partial charge in [0, 0.05) is 148 Å². The van der Waals surface area contributed by atoms with E-state index in [2.05, 4.69) is 94.1 Å². The van der Waals surface area contributed by atoms with Crippen molar-refractivity contribution in [1.29, 1.82) is 0 Å². The summed E-state index contributed by atoms with van der Waals surface area (Å²) in [4.78, 5) is 306. The van der Waals surface area contributed by atoms with Crippen molar-refractivity contribution in [2.45, 2.75) is 190 Å². The number of carboxylic acids is 1. The number of nitrogens with zero attached hydrogens (tertiary/aromatic N) is 14. The first kappa shape index (κ1) is 112. The molecule has 2 saturated heterocycles. The van der Waals surface area contributed by atoms with E-state index in [1.807, 2.05) is 0 Å². The fourth-order valence-electron chi connectivity index (χ4n) is 16.8. The number of aliphatic hydroxyl groups excluding tert-OH is 1. The second-order valence-corrected chi connectivity index (χ2v) is 39.0. The standard InChI is InChI=1S/C89H120N28O21S3.CO2/c1-12-48-28-66(120)73(47(7)118)103-79(128)51(29-65(119)46(6)95-68(122)34-110(8)69(123)23-24-90)35-139-36-59-74(111(9)107-104-59)87(136)114-41-115-43-116(42-114)89(138)76-61(106-109-113(76)11)38-141-40-63(100-78(48)127)83(132)97-57(27-50-32-93-55-21-16-14-19-53(50)55)82(131)101-71(44(2)3)85(134)98-58(30-70(124)125)80(129)94-33-67(121)96-56(26-49-31-92-54-20-15-13-18-52(49)54)81(130)102-72(45(4)5)86(135)117-25-17-22-64(117)84(133)99-62(77(91)126)39-140-37-60-75(88(115)137)112(10)108-105-60;2-1-3/h13-16,18-21,31-32,44-48,51,56-58,62-64,71-73,92-93,118H,12,17,22-30,33-43,90H2,1-11H3,(H2,91,126)(H,94,129)(H,95,122)(H,96,121)(H,97,132)(H,98,134)(H,99,133)(H,100,127)(H,101,131)(H,102,130)(H,103,128)(H,124,125);/t46-,47+,48+,51-,56-,57-,58-,62?,63-,64-,71-,72-,73-;/m0./s1. The molecular weight excluding hydrogens is 1940 g/mol. The number of likely N-dealkylation sites (N-methyl/N-ethyl adjacent to an activating group) is 1. The van der Waals surface area contributed by atoms with Crippen molar-refractivity contribution in [3.63, 3.8) is 0 Å². The molecule has 4 aliphatic heterocycles. The number of hydrogen-bond donors (Lipinski definition) is 16. The number of thioether (sulfide) groups is 3. The number of nitrogens with one attached hydrogen (secondary N) is 12. The number of hydrogen-bond acceptors (Lipinski definition) is 32. The summed E-state index contributed by atoms with van der Waals surface area (Å²) >= 11 is 2.84. The Morgan fingerprint density at radius 1 is 0.569 bits per heavy atom. The molecule has 16 amide bonds. The molecule has 2 fully saturated rings. The van der Waals surface area contributed by atoms with Crippen molar-refractivity contribution >= 4 is 175 Å². The summed E-state index contributed by atoms with van der Waals surface area (Å²) in [6, 6.07) is -1.85. The molecule has 0 radical (unpaired) electrons. The molecule has 9 heterocycles. The van der Waals surface area contributed by atoms with Gasteiger partial charge in [-0.3, -0.25) is 91.1 Å². The van der Waals surface area contributed by atoms with Gasteiger partial charge in [0.25, 0.3) is 17.7 Å². The van der Waals surface area contributed by atoms with Gasteiger partial charge in [0.1, 0.15) is 88.5 Å². The Morgan fingerprint density at radius 3 is 1.54 bits per heavy atom. The number of aromatic nitrogens is 11. The summed E-state index contributed by atoms with van der Waals surface area (Å²) in [5, 5.41) is 74.6. The van der Waals surface area contributed by atoms with Crippen LogP contribution in [0.15, 0.2) is 60.9 Å². The first-order valence-corrected chi connectivity index (χ1v) is 49.8. The molecule has 18 N–H and O–H groups in total. The third kappa shape index (κ3) is 28.8. The van der Waals surface area contributed by atoms with Crippen LogP contribution in [0.25, 0.3) is 21.8 Å². The fraction of sp³-hybridized carbons (Fsp3) is 0.533. The van der Waals surface area contributed by atoms with Crippen molar-refractivity contribution in [3.8, 4) is 0 Å². The number of fused-ring (bicyclic) bond motifs is 10. The number of carbonyl (C=O) groups excluding carboxylic acids is 20. The van der Waals surface area contributed by atoms with E-state index in [1.165, 1.54) is 67.7 Å². The number of amides is 16. The Labute approximate surface area is 837 Å². The summed E-state index contributed by atoms with van der Waals surface area (Å²) in [5.74, 6) is -24.2. The minimum absolute atomic E-state index is 0.00141. The molecule has 1 unspecified atom stereocenters. The molecule has 144 heavy (non-hydrogen) atoms. The summed E-state index contributed by atoms with van der Waals surface area (Å²) in [7, 11) is 5.53. The van der Waals surface area contributed by atoms with Crippen LogP contribution in [0.4, 0.5) is 0 Å². The fourth-order valence-corrected chi connectivity index (χ4v) is 19.8. The number of carbonyl (C=O) groups is 19. The van der Waals surface area contributed by atoms with Crippen LogP contribution in [0.1, 0.15) is 153 Å². The molecule has 11 rings (SSSR count). The second-order valence-electron chi connectivity index (χ2n) is 35.9. The maximum absolute atomic E-state index is 15.8. The van der Waals surface area contributed by atoms with Crippen molar-refractivity contribution < 1.29 is 111 Å². The number of Topliss-reactive ketones (excluding diaryl/α,β-unsaturated/α-hetero) is 2. The lowest BCUT2D eigenvalue weighted by Crippen LogP contribution is -2.61. The number of carboxylic acid groups (broad SMARTS) is 1. The van der Waals surface area contributed by atoms with Crippen molar-refractivity contribution in [2.75, 3.05) is 70.5 Å². The monoisotopic (exact) mass is 2060 g/mol. The zero-order valence-corrected chi connectivity index (χ0v) is 83.5. The van der Waals surface area contributed by atoms with Gasteiger partial charge in [-0.1, -0.05) is 86.7 Å². The van der Waals surface area contributed by atoms with E-state index in [9.17, 15) is 63.0 Å². The molecule has 776 valence electrons. The number of H-pyrrole nitrogens is 2. The van der Waals surface area contributed by atoms with Gasteiger partial charge >= 0.3 is 12.1 Å². The maximum atomic E-state index is 15.8. The number of aliphatic carboxylic acids is 1. The van der Waals surface area contributed by atoms with Gasteiger partial charge in [-0.05, 0) is 68.2 Å². The number of aliphatic hydroxyl groups is 1. The van der Waals surface area contributed by atoms with Gasteiger partial charge in [-0.15, -0.1) is 15.3 Å². The average Bonchev–Trinajstić information content (AvgIpc) is 1.58. The number of para-hydroxylation sites is 2. The molecule has 4 aliphatic rings. The molecule has 0 saturated carbocycles. The summed E-state index contributed by atoms with van der Waals surface area (Å²) in [5.41, 5.74) is 13.1. The van der Waals surface area contributed by atoms with E-state index in [0.717, 1.165) is 68.9 Å². The van der Waals surface area contributed by atoms with E-state index in [0.29, 0.717) is 32.9 Å². The van der Waals surface area contributed by atoms with Crippen LogP contribution in [-0.2, 0) is 138 Å². The number of ketones is 2. The molecule has 5 aromatic heterocycles. The maximum Gasteiger partial charge on any atom is 0.373 e. The normalized spacial score (nSPS) is 22.7. The van der Waals surface area contributed by atoms with Crippen molar-refractivity contribution in [3.05, 3.63) is 106 Å². The average molecular weight is 2060 g/mol. The van der Waals surface area contributed by atoms with Crippen LogP contribution in [-0.4, -0.2) is 345 Å². The Balaban J connectivity index is 0.00000700. The quantitative estimate of drug-likeness (QED) is 0.0365. The third-order valence-corrected chi connectivity index (χ3v) is 27.8. The summed E-state index contributed by atoms with van der Waals surface area (Å²) in [6.45, 7) is 7.15. The minimum atomic E-state index is -1.98. The highest BCUT2D eigenvalue weighted by Crippen LogP contribution is 2.30. The van der Waals surface area contributed by atoms with Crippen LogP contribution in [0.5, 0.6) is 0 Å². The Kier molecular flexibility index (Phi) is 39.9. The molecule has 2 aromatic carbocycles. The van der Waals surface area contributed by atoms with Crippen molar-refractivity contribution in [1.82, 2.24) is 133 Å². The molecule has 51 nitrogen and oxygen atoms in total. The number of primary amides is 1. The number of aromatic amines is 2. The molecule has 54 heteroatoms. The zero-order valence-electron chi connectivity index (χ0n) is 81.1. The predicted octanol–water partition coefficient (Wildman–Crippen LogP) is -4.21.